The lowest BCUT2D eigenvalue weighted by molar-refractivity contribution is -0.122. The van der Waals surface area contributed by atoms with Gasteiger partial charge in [0.1, 0.15) is 5.82 Å². The molecule has 39 heavy (non-hydrogen) atoms. The Kier molecular flexibility index (Phi) is 6.89. The van der Waals surface area contributed by atoms with E-state index in [0.717, 1.165) is 38.2 Å². The van der Waals surface area contributed by atoms with Crippen LogP contribution in [0.3, 0.4) is 0 Å². The van der Waals surface area contributed by atoms with Crippen molar-refractivity contribution in [2.24, 2.45) is 0 Å². The van der Waals surface area contributed by atoms with E-state index in [9.17, 15) is 9.59 Å². The number of Topliss-reactive ketones (excluding diaryl/α,β-unsaturated/α-hetero) is 1. The Hall–Kier alpha value is -4.01. The highest BCUT2D eigenvalue weighted by atomic mass is 79.9. The van der Waals surface area contributed by atoms with E-state index in [0.29, 0.717) is 29.3 Å². The molecule has 0 bridgehead atoms. The number of amides is 1. The van der Waals surface area contributed by atoms with Gasteiger partial charge in [0.15, 0.2) is 11.4 Å². The van der Waals surface area contributed by atoms with E-state index >= 15 is 0 Å². The zero-order chi connectivity index (χ0) is 26.9. The first kappa shape index (κ1) is 25.3. The first-order chi connectivity index (χ1) is 19.0. The van der Waals surface area contributed by atoms with Gasteiger partial charge in [0.05, 0.1) is 22.3 Å². The van der Waals surface area contributed by atoms with Crippen molar-refractivity contribution in [1.29, 1.82) is 0 Å². The van der Waals surface area contributed by atoms with Gasteiger partial charge >= 0.3 is 0 Å². The number of nitrogens with zero attached hydrogens (tertiary/aromatic N) is 3. The van der Waals surface area contributed by atoms with Crippen LogP contribution >= 0.6 is 27.5 Å². The third kappa shape index (κ3) is 5.05. The fourth-order valence-corrected chi connectivity index (χ4v) is 5.50. The molecule has 9 heteroatoms. The summed E-state index contributed by atoms with van der Waals surface area (Å²) in [7, 11) is 0. The van der Waals surface area contributed by atoms with Crippen LogP contribution in [0.4, 0.5) is 5.82 Å². The second-order valence-electron chi connectivity index (χ2n) is 9.39. The predicted molar refractivity (Wildman–Crippen MR) is 155 cm³/mol. The lowest BCUT2D eigenvalue weighted by atomic mass is 10.0. The molecule has 0 aliphatic heterocycles. The van der Waals surface area contributed by atoms with E-state index in [1.165, 1.54) is 0 Å². The van der Waals surface area contributed by atoms with Gasteiger partial charge in [-0.2, -0.15) is 9.61 Å². The fourth-order valence-electron chi connectivity index (χ4n) is 4.92. The van der Waals surface area contributed by atoms with Crippen molar-refractivity contribution in [2.75, 3.05) is 5.32 Å². The molecule has 2 heterocycles. The maximum absolute atomic E-state index is 12.9. The fraction of sp³-hybridized carbons (Fsp3) is 0.133. The van der Waals surface area contributed by atoms with Crippen molar-refractivity contribution >= 4 is 50.7 Å². The van der Waals surface area contributed by atoms with E-state index in [1.807, 2.05) is 72.8 Å². The molecule has 1 aliphatic carbocycles. The molecule has 6 rings (SSSR count). The van der Waals surface area contributed by atoms with Crippen molar-refractivity contribution < 1.29 is 9.59 Å². The summed E-state index contributed by atoms with van der Waals surface area (Å²) >= 11 is 9.99. The number of halogens is 2. The first-order valence-corrected chi connectivity index (χ1v) is 13.7. The zero-order valence-electron chi connectivity index (χ0n) is 20.7. The molecule has 1 unspecified atom stereocenters. The number of aromatic nitrogens is 3. The second kappa shape index (κ2) is 10.6. The normalized spacial score (nSPS) is 14.4. The Balaban J connectivity index is 1.17. The molecule has 1 aliphatic rings. The maximum atomic E-state index is 12.9. The highest BCUT2D eigenvalue weighted by Gasteiger charge is 2.33. The van der Waals surface area contributed by atoms with Crippen LogP contribution in [0.1, 0.15) is 39.4 Å². The summed E-state index contributed by atoms with van der Waals surface area (Å²) in [6, 6.07) is 24.9. The van der Waals surface area contributed by atoms with Crippen LogP contribution in [0, 0.1) is 0 Å². The van der Waals surface area contributed by atoms with Gasteiger partial charge in [0.2, 0.25) is 5.91 Å². The summed E-state index contributed by atoms with van der Waals surface area (Å²) in [6.45, 7) is 0.909. The number of benzene rings is 3. The molecule has 2 aromatic heterocycles. The van der Waals surface area contributed by atoms with Crippen molar-refractivity contribution in [3.63, 3.8) is 0 Å². The van der Waals surface area contributed by atoms with Crippen molar-refractivity contribution in [3.8, 4) is 11.3 Å². The van der Waals surface area contributed by atoms with Crippen LogP contribution in [-0.4, -0.2) is 26.3 Å². The van der Waals surface area contributed by atoms with E-state index in [4.69, 9.17) is 16.6 Å². The summed E-state index contributed by atoms with van der Waals surface area (Å²) in [6.07, 6.45) is 1.93. The molecule has 0 saturated heterocycles. The molecule has 7 nitrogen and oxygen atoms in total. The Morgan fingerprint density at radius 1 is 0.974 bits per heavy atom. The Morgan fingerprint density at radius 2 is 1.72 bits per heavy atom. The first-order valence-electron chi connectivity index (χ1n) is 12.5. The number of fused-ring (bicyclic) bond motifs is 2. The van der Waals surface area contributed by atoms with Crippen LogP contribution in [0.15, 0.2) is 89.5 Å². The van der Waals surface area contributed by atoms with Crippen molar-refractivity contribution in [2.45, 2.75) is 25.4 Å². The van der Waals surface area contributed by atoms with Crippen LogP contribution in [0.2, 0.25) is 5.02 Å². The number of ketones is 1. The van der Waals surface area contributed by atoms with E-state index < -0.39 is 5.92 Å². The SMILES string of the molecule is O=C1CC(C(=O)NCc2cccc(CNc3cc(-c4ccccc4Cl)nc4c(Br)cnn34)c2)c2ccccc21. The van der Waals surface area contributed by atoms with Crippen LogP contribution in [0.25, 0.3) is 16.9 Å². The van der Waals surface area contributed by atoms with Gasteiger partial charge in [0, 0.05) is 41.7 Å². The number of carbonyl (C=O) groups excluding carboxylic acids is 2. The van der Waals surface area contributed by atoms with Gasteiger partial charge < -0.3 is 10.6 Å². The molecule has 5 aromatic rings. The number of carbonyl (C=O) groups is 2. The minimum atomic E-state index is -0.437. The molecular formula is C30H23BrClN5O2. The van der Waals surface area contributed by atoms with Crippen LogP contribution in [-0.2, 0) is 17.9 Å². The molecule has 0 saturated carbocycles. The Labute approximate surface area is 238 Å². The summed E-state index contributed by atoms with van der Waals surface area (Å²) in [5, 5.41) is 11.6. The number of anilines is 1. The zero-order valence-corrected chi connectivity index (χ0v) is 23.0. The summed E-state index contributed by atoms with van der Waals surface area (Å²) < 4.78 is 2.53. The molecular weight excluding hydrogens is 578 g/mol. The predicted octanol–water partition coefficient (Wildman–Crippen LogP) is 6.41. The number of hydrogen-bond donors (Lipinski definition) is 2. The van der Waals surface area contributed by atoms with Crippen LogP contribution in [0.5, 0.6) is 0 Å². The van der Waals surface area contributed by atoms with Gasteiger partial charge in [-0.15, -0.1) is 0 Å². The highest BCUT2D eigenvalue weighted by Crippen LogP contribution is 2.33. The summed E-state index contributed by atoms with van der Waals surface area (Å²) in [4.78, 5) is 30.0. The number of nitrogens with one attached hydrogen (secondary N) is 2. The number of hydrogen-bond acceptors (Lipinski definition) is 5. The quantitative estimate of drug-likeness (QED) is 0.225. The topological polar surface area (TPSA) is 88.4 Å². The molecule has 1 amide bonds. The lowest BCUT2D eigenvalue weighted by Crippen LogP contribution is -2.28. The highest BCUT2D eigenvalue weighted by molar-refractivity contribution is 9.10. The molecule has 2 N–H and O–H groups in total. The maximum Gasteiger partial charge on any atom is 0.228 e. The van der Waals surface area contributed by atoms with E-state index in [-0.39, 0.29) is 18.1 Å². The van der Waals surface area contributed by atoms with Gasteiger partial charge in [-0.05, 0) is 38.7 Å². The third-order valence-electron chi connectivity index (χ3n) is 6.85. The standard InChI is InChI=1S/C30H23BrClN5O2/c31-24-17-35-37-28(14-26(36-29(24)37)22-10-3-4-11-25(22)32)33-15-18-6-5-7-19(12-18)16-34-30(39)23-13-27(38)21-9-2-1-8-20(21)23/h1-12,14,17,23,33H,13,15-16H2,(H,34,39). The minimum Gasteiger partial charge on any atom is -0.366 e. The Morgan fingerprint density at radius 3 is 2.54 bits per heavy atom. The summed E-state index contributed by atoms with van der Waals surface area (Å²) in [5.41, 5.74) is 5.72. The average Bonchev–Trinajstić information content (AvgIpc) is 3.50. The largest absolute Gasteiger partial charge is 0.366 e. The van der Waals surface area contributed by atoms with Gasteiger partial charge in [-0.3, -0.25) is 9.59 Å². The van der Waals surface area contributed by atoms with E-state index in [2.05, 4.69) is 31.7 Å². The second-order valence-corrected chi connectivity index (χ2v) is 10.7. The molecule has 1 atom stereocenters. The average molecular weight is 601 g/mol. The van der Waals surface area contributed by atoms with Gasteiger partial charge in [0.25, 0.3) is 0 Å². The smallest absolute Gasteiger partial charge is 0.228 e. The van der Waals surface area contributed by atoms with E-state index in [1.54, 1.807) is 16.8 Å². The molecule has 194 valence electrons. The molecule has 0 fully saturated rings. The molecule has 0 radical (unpaired) electrons. The number of rotatable bonds is 7. The molecule has 0 spiro atoms. The van der Waals surface area contributed by atoms with Gasteiger partial charge in [-0.25, -0.2) is 4.98 Å². The van der Waals surface area contributed by atoms with Gasteiger partial charge in [-0.1, -0.05) is 78.3 Å². The van der Waals surface area contributed by atoms with Crippen LogP contribution < -0.4 is 10.6 Å². The molecule has 3 aromatic carbocycles. The minimum absolute atomic E-state index is 0.0194. The monoisotopic (exact) mass is 599 g/mol. The van der Waals surface area contributed by atoms with Crippen molar-refractivity contribution in [3.05, 3.63) is 117 Å². The summed E-state index contributed by atoms with van der Waals surface area (Å²) in [5.74, 6) is 0.218. The van der Waals surface area contributed by atoms with Crippen molar-refractivity contribution in [1.82, 2.24) is 19.9 Å². The Bertz CT molecular complexity index is 1730. The third-order valence-corrected chi connectivity index (χ3v) is 7.74. The lowest BCUT2D eigenvalue weighted by Gasteiger charge is -2.14.